The summed E-state index contributed by atoms with van der Waals surface area (Å²) in [5, 5.41) is 9.43. The van der Waals surface area contributed by atoms with Gasteiger partial charge in [-0.2, -0.15) is 0 Å². The molecule has 1 aliphatic heterocycles. The van der Waals surface area contributed by atoms with Crippen LogP contribution >= 0.6 is 22.9 Å². The van der Waals surface area contributed by atoms with Gasteiger partial charge in [0.1, 0.15) is 5.75 Å². The minimum atomic E-state index is -1.09. The van der Waals surface area contributed by atoms with Crippen molar-refractivity contribution in [3.8, 4) is 5.75 Å². The Hall–Kier alpha value is -4.47. The molecule has 0 aliphatic carbocycles. The first-order valence-corrected chi connectivity index (χ1v) is 13.5. The topological polar surface area (TPSA) is 107 Å². The first-order chi connectivity index (χ1) is 19.4. The summed E-state index contributed by atoms with van der Waals surface area (Å²) in [6, 6.07) is 22.2. The van der Waals surface area contributed by atoms with Crippen LogP contribution in [0.2, 0.25) is 5.02 Å². The third-order valence-electron chi connectivity index (χ3n) is 6.08. The van der Waals surface area contributed by atoms with Crippen molar-refractivity contribution < 1.29 is 24.2 Å². The van der Waals surface area contributed by atoms with E-state index in [9.17, 15) is 14.4 Å². The molecule has 1 N–H and O–H groups in total. The molecule has 40 heavy (non-hydrogen) atoms. The molecule has 4 aromatic rings. The summed E-state index contributed by atoms with van der Waals surface area (Å²) in [7, 11) is 0. The van der Waals surface area contributed by atoms with Gasteiger partial charge in [0.05, 0.1) is 28.5 Å². The van der Waals surface area contributed by atoms with Gasteiger partial charge in [-0.1, -0.05) is 77.5 Å². The molecule has 1 aromatic heterocycles. The van der Waals surface area contributed by atoms with Crippen molar-refractivity contribution in [3.63, 3.8) is 0 Å². The van der Waals surface area contributed by atoms with Crippen molar-refractivity contribution >= 4 is 46.6 Å². The molecule has 3 aromatic carbocycles. The summed E-state index contributed by atoms with van der Waals surface area (Å²) in [6.45, 7) is 1.40. The van der Waals surface area contributed by atoms with E-state index in [1.807, 2.05) is 30.3 Å². The lowest BCUT2D eigenvalue weighted by atomic mass is 9.93. The lowest BCUT2D eigenvalue weighted by Gasteiger charge is -2.25. The first kappa shape index (κ1) is 27.1. The summed E-state index contributed by atoms with van der Waals surface area (Å²) in [6.07, 6.45) is 1.69. The molecule has 1 aliphatic rings. The number of nitrogens with zero attached hydrogens (tertiary/aromatic N) is 2. The van der Waals surface area contributed by atoms with E-state index in [-0.39, 0.29) is 17.7 Å². The highest BCUT2D eigenvalue weighted by Gasteiger charge is 2.35. The van der Waals surface area contributed by atoms with Crippen LogP contribution in [-0.2, 0) is 14.3 Å². The van der Waals surface area contributed by atoms with Gasteiger partial charge in [0.2, 0.25) is 0 Å². The van der Waals surface area contributed by atoms with Gasteiger partial charge in [-0.15, -0.1) is 0 Å². The molecular weight excluding hydrogens is 552 g/mol. The molecule has 2 heterocycles. The average molecular weight is 575 g/mol. The second-order valence-electron chi connectivity index (χ2n) is 8.74. The second-order valence-corrected chi connectivity index (χ2v) is 10.2. The van der Waals surface area contributed by atoms with Gasteiger partial charge in [0.15, 0.2) is 11.4 Å². The molecule has 0 bridgehead atoms. The Morgan fingerprint density at radius 3 is 2.52 bits per heavy atom. The molecule has 202 valence electrons. The summed E-state index contributed by atoms with van der Waals surface area (Å²) in [4.78, 5) is 43.5. The predicted molar refractivity (Wildman–Crippen MR) is 152 cm³/mol. The Labute approximate surface area is 237 Å². The monoisotopic (exact) mass is 574 g/mol. The molecule has 0 saturated carbocycles. The number of thiazole rings is 1. The zero-order valence-corrected chi connectivity index (χ0v) is 22.8. The number of benzene rings is 3. The summed E-state index contributed by atoms with van der Waals surface area (Å²) in [5.74, 6) is -1.30. The molecule has 0 spiro atoms. The van der Waals surface area contributed by atoms with Crippen LogP contribution in [0, 0.1) is 0 Å². The van der Waals surface area contributed by atoms with Gasteiger partial charge in [-0.05, 0) is 48.4 Å². The van der Waals surface area contributed by atoms with Gasteiger partial charge in [0, 0.05) is 10.6 Å². The maximum atomic E-state index is 13.9. The lowest BCUT2D eigenvalue weighted by molar-refractivity contribution is -0.140. The quantitative estimate of drug-likeness (QED) is 0.318. The molecule has 5 rings (SSSR count). The Balaban J connectivity index is 1.74. The van der Waals surface area contributed by atoms with Crippen LogP contribution in [0.4, 0.5) is 0 Å². The van der Waals surface area contributed by atoms with E-state index in [2.05, 4.69) is 0 Å². The maximum Gasteiger partial charge on any atom is 0.341 e. The summed E-state index contributed by atoms with van der Waals surface area (Å²) in [5.41, 5.74) is 2.37. The Kier molecular flexibility index (Phi) is 7.95. The molecule has 0 amide bonds. The van der Waals surface area contributed by atoms with Crippen molar-refractivity contribution in [1.29, 1.82) is 0 Å². The van der Waals surface area contributed by atoms with E-state index < -0.39 is 24.6 Å². The van der Waals surface area contributed by atoms with Crippen LogP contribution in [0.25, 0.3) is 11.8 Å². The molecule has 8 nitrogen and oxygen atoms in total. The number of halogens is 1. The van der Waals surface area contributed by atoms with Gasteiger partial charge < -0.3 is 14.6 Å². The van der Waals surface area contributed by atoms with E-state index in [0.29, 0.717) is 42.5 Å². The minimum Gasteiger partial charge on any atom is -0.482 e. The molecule has 1 atom stereocenters. The first-order valence-electron chi connectivity index (χ1n) is 12.3. The number of carboxylic acid groups (broad SMARTS) is 1. The number of hydrogen-bond donors (Lipinski definition) is 1. The van der Waals surface area contributed by atoms with Crippen molar-refractivity contribution in [3.05, 3.63) is 126 Å². The highest BCUT2D eigenvalue weighted by Crippen LogP contribution is 2.35. The van der Waals surface area contributed by atoms with Crippen LogP contribution in [-0.4, -0.2) is 34.8 Å². The molecule has 10 heteroatoms. The highest BCUT2D eigenvalue weighted by molar-refractivity contribution is 7.07. The van der Waals surface area contributed by atoms with E-state index in [1.165, 1.54) is 15.9 Å². The second kappa shape index (κ2) is 11.7. The van der Waals surface area contributed by atoms with Crippen molar-refractivity contribution in [2.75, 3.05) is 13.2 Å². The molecule has 0 fully saturated rings. The summed E-state index contributed by atoms with van der Waals surface area (Å²) >= 11 is 7.35. The number of ether oxygens (including phenoxy) is 2. The van der Waals surface area contributed by atoms with Gasteiger partial charge in [-0.25, -0.2) is 14.6 Å². The lowest BCUT2D eigenvalue weighted by Crippen LogP contribution is -2.40. The number of aromatic nitrogens is 1. The molecule has 0 radical (unpaired) electrons. The van der Waals surface area contributed by atoms with Crippen LogP contribution in [0.1, 0.15) is 29.7 Å². The van der Waals surface area contributed by atoms with Crippen LogP contribution in [0.3, 0.4) is 0 Å². The molecule has 0 unspecified atom stereocenters. The van der Waals surface area contributed by atoms with E-state index in [4.69, 9.17) is 31.2 Å². The fraction of sp³-hybridized carbons (Fsp3) is 0.133. The zero-order chi connectivity index (χ0) is 28.2. The number of fused-ring (bicyclic) bond motifs is 1. The Morgan fingerprint density at radius 1 is 1.07 bits per heavy atom. The Bertz CT molecular complexity index is 1790. The Morgan fingerprint density at radius 2 is 1.82 bits per heavy atom. The normalized spacial score (nSPS) is 14.8. The zero-order valence-electron chi connectivity index (χ0n) is 21.2. The largest absolute Gasteiger partial charge is 0.482 e. The minimum absolute atomic E-state index is 0.155. The molecule has 0 saturated heterocycles. The van der Waals surface area contributed by atoms with E-state index >= 15 is 0 Å². The fourth-order valence-corrected chi connectivity index (χ4v) is 5.52. The highest BCUT2D eigenvalue weighted by atomic mass is 35.5. The SMILES string of the molecule is CCOC(=O)C1=C(c2ccccc2)N=c2s/c(=C\c3cccc(OCC(=O)O)c3)c(=O)n2[C@@H]1c1ccc(Cl)cc1. The third kappa shape index (κ3) is 5.61. The van der Waals surface area contributed by atoms with Gasteiger partial charge in [-0.3, -0.25) is 9.36 Å². The number of aliphatic carboxylic acids is 1. The number of carbonyl (C=O) groups is 2. The molecular formula is C30H23ClN2O6S. The van der Waals surface area contributed by atoms with E-state index in [1.54, 1.807) is 61.5 Å². The number of rotatable bonds is 8. The van der Waals surface area contributed by atoms with Crippen molar-refractivity contribution in [1.82, 2.24) is 4.57 Å². The van der Waals surface area contributed by atoms with Crippen molar-refractivity contribution in [2.45, 2.75) is 13.0 Å². The van der Waals surface area contributed by atoms with Crippen molar-refractivity contribution in [2.24, 2.45) is 4.99 Å². The predicted octanol–water partition coefficient (Wildman–Crippen LogP) is 4.05. The van der Waals surface area contributed by atoms with Crippen LogP contribution < -0.4 is 19.6 Å². The maximum absolute atomic E-state index is 13.9. The van der Waals surface area contributed by atoms with Gasteiger partial charge >= 0.3 is 11.9 Å². The summed E-state index contributed by atoms with van der Waals surface area (Å²) < 4.78 is 12.6. The van der Waals surface area contributed by atoms with E-state index in [0.717, 1.165) is 0 Å². The standard InChI is InChI=1S/C30H23ClN2O6S/c1-2-38-29(37)25-26(19-8-4-3-5-9-19)32-30-33(27(25)20-11-13-21(31)14-12-20)28(36)23(40-30)16-18-7-6-10-22(15-18)39-17-24(34)35/h3-16,27H,2,17H2,1H3,(H,34,35)/b23-16-/t27-/m1/s1. The number of carboxylic acids is 1. The number of hydrogen-bond acceptors (Lipinski definition) is 7. The van der Waals surface area contributed by atoms with Crippen LogP contribution in [0.5, 0.6) is 5.75 Å². The fourth-order valence-electron chi connectivity index (χ4n) is 4.39. The third-order valence-corrected chi connectivity index (χ3v) is 7.31. The van der Waals surface area contributed by atoms with Gasteiger partial charge in [0.25, 0.3) is 5.56 Å². The smallest absolute Gasteiger partial charge is 0.341 e. The number of carbonyl (C=O) groups excluding carboxylic acids is 1. The average Bonchev–Trinajstić information content (AvgIpc) is 3.26. The van der Waals surface area contributed by atoms with Crippen LogP contribution in [0.15, 0.2) is 94.2 Å². The number of esters is 1.